The highest BCUT2D eigenvalue weighted by molar-refractivity contribution is 7.59. The number of carbonyl (C=O) groups is 4. The van der Waals surface area contributed by atoms with Gasteiger partial charge in [0.2, 0.25) is 0 Å². The summed E-state index contributed by atoms with van der Waals surface area (Å²) >= 11 is 0. The van der Waals surface area contributed by atoms with Gasteiger partial charge in [-0.3, -0.25) is 39.2 Å². The Kier molecular flexibility index (Phi) is 105. The van der Waals surface area contributed by atoms with E-state index in [1.165, 1.54) is 0 Å². The Balaban J connectivity index is -0.000000140. The Morgan fingerprint density at radius 1 is 0.500 bits per heavy atom. The SMILES string of the molecule is C#CC#CC.CCOC(=O)[C@@H](N)CCCN=C(N)N.CCOC(=O)[C@H](CCCN=C(N)N)N(CCOCCOC)CCOCCOC.COCCOCC=O.COCCOCCN(CCOCCOC)[C@@H](CCCN=C(N)N)C(=O)O.COCCOCCO.S.S.S. The molecule has 0 amide bonds. The molecular weight excluding hydrogens is 1270 g/mol. The number of aldehydes is 1. The molecule has 0 aliphatic heterocycles. The topological polar surface area (TPSA) is 464 Å². The summed E-state index contributed by atoms with van der Waals surface area (Å²) in [5, 5.41) is 17.8. The number of aliphatic carboxylic acids is 1. The van der Waals surface area contributed by atoms with Gasteiger partial charge < -0.3 is 121 Å². The number of aliphatic imine (C=N–C) groups is 3. The molecule has 0 aliphatic carbocycles. The zero-order valence-corrected chi connectivity index (χ0v) is 59.4. The summed E-state index contributed by atoms with van der Waals surface area (Å²) in [6.45, 7) is 18.0. The molecule has 0 aromatic rings. The molecular formula is C57H122N12O20S3. The van der Waals surface area contributed by atoms with E-state index in [0.717, 1.165) is 6.29 Å². The van der Waals surface area contributed by atoms with E-state index in [0.29, 0.717) is 210 Å². The largest absolute Gasteiger partial charge is 0.480 e. The molecule has 0 aliphatic rings. The first-order chi connectivity index (χ1) is 42.9. The number of methoxy groups -OCH3 is 6. The van der Waals surface area contributed by atoms with E-state index in [2.05, 4.69) is 42.2 Å². The lowest BCUT2D eigenvalue weighted by atomic mass is 10.1. The first-order valence-corrected chi connectivity index (χ1v) is 29.2. The van der Waals surface area contributed by atoms with Gasteiger partial charge in [-0.25, -0.2) is 0 Å². The van der Waals surface area contributed by atoms with Crippen molar-refractivity contribution in [2.24, 2.45) is 55.1 Å². The number of ether oxygens (including phenoxy) is 14. The molecule has 0 aromatic heterocycles. The summed E-state index contributed by atoms with van der Waals surface area (Å²) in [7, 11) is 9.65. The molecule has 35 heteroatoms. The van der Waals surface area contributed by atoms with Crippen LogP contribution in [0.25, 0.3) is 0 Å². The van der Waals surface area contributed by atoms with Crippen LogP contribution in [0.4, 0.5) is 0 Å². The zero-order valence-electron chi connectivity index (χ0n) is 56.4. The Morgan fingerprint density at radius 3 is 1.10 bits per heavy atom. The minimum Gasteiger partial charge on any atom is -0.480 e. The predicted octanol–water partition coefficient (Wildman–Crippen LogP) is -1.88. The highest BCUT2D eigenvalue weighted by Crippen LogP contribution is 2.12. The first-order valence-electron chi connectivity index (χ1n) is 29.2. The fourth-order valence-electron chi connectivity index (χ4n) is 6.23. The van der Waals surface area contributed by atoms with E-state index in [9.17, 15) is 24.3 Å². The molecule has 16 N–H and O–H groups in total. The summed E-state index contributed by atoms with van der Waals surface area (Å²) in [4.78, 5) is 60.3. The van der Waals surface area contributed by atoms with Crippen molar-refractivity contribution in [1.29, 1.82) is 0 Å². The van der Waals surface area contributed by atoms with Crippen LogP contribution in [0, 0.1) is 24.2 Å². The van der Waals surface area contributed by atoms with Crippen LogP contribution in [0.2, 0.25) is 0 Å². The monoisotopic (exact) mass is 1390 g/mol. The van der Waals surface area contributed by atoms with Gasteiger partial charge in [-0.05, 0) is 71.1 Å². The molecule has 0 spiro atoms. The van der Waals surface area contributed by atoms with Crippen LogP contribution in [-0.4, -0.2) is 307 Å². The van der Waals surface area contributed by atoms with Crippen molar-refractivity contribution in [2.45, 2.75) is 77.4 Å². The van der Waals surface area contributed by atoms with Gasteiger partial charge in [0.25, 0.3) is 0 Å². The standard InChI is InChI=1S/C18H38N4O6.C16H34N4O6.C8H18N4O2.C5H12O3.C5H10O3.C5H4.3H2S/c1-4-28-17(23)16(6-5-7-21-18(19)20)22(8-10-26-14-12-24-2)9-11-27-15-13-25-3;1-23-10-12-25-8-6-20(7-9-26-13-11-24-2)14(15(21)22)4-3-5-19-16(17)18;1-2-14-7(13)6(9)4-3-5-12-8(10)11;2*1-7-4-5-8-3-2-6;1-3-5-4-2;;;/h16H,4-15H2,1-3H3,(H4,19,20,21);14H,3-13H2,1-2H3,(H,21,22)(H4,17,18,19);6H,2-5,9H2,1H3,(H4,10,11,12);6H,2-5H2,1H3;2H,3-5H2,1H3;1H,2H3;3*1H2/t16-;14-;6-;;;;;;/m000....../s1. The van der Waals surface area contributed by atoms with Crippen LogP contribution in [-0.2, 0) is 85.5 Å². The number of nitrogens with two attached hydrogens (primary N) is 7. The maximum atomic E-state index is 12.5. The second-order valence-electron chi connectivity index (χ2n) is 17.4. The second-order valence-corrected chi connectivity index (χ2v) is 17.4. The molecule has 0 bridgehead atoms. The number of nitrogens with zero attached hydrogens (tertiary/aromatic N) is 5. The summed E-state index contributed by atoms with van der Waals surface area (Å²) < 4.78 is 70.8. The van der Waals surface area contributed by atoms with Gasteiger partial charge in [0.05, 0.1) is 132 Å². The highest BCUT2D eigenvalue weighted by Gasteiger charge is 2.27. The number of hydrogen-bond acceptors (Lipinski definition) is 25. The number of aliphatic hydroxyl groups excluding tert-OH is 1. The second kappa shape index (κ2) is 90.6. The third kappa shape index (κ3) is 89.6. The molecule has 0 saturated heterocycles. The normalized spacial score (nSPS) is 10.8. The number of hydrogen-bond donors (Lipinski definition) is 9. The lowest BCUT2D eigenvalue weighted by Crippen LogP contribution is -2.45. The number of guanidine groups is 3. The lowest BCUT2D eigenvalue weighted by Gasteiger charge is -2.30. The van der Waals surface area contributed by atoms with Gasteiger partial charge in [-0.2, -0.15) is 40.5 Å². The molecule has 0 saturated carbocycles. The minimum atomic E-state index is -0.886. The summed E-state index contributed by atoms with van der Waals surface area (Å²) in [6.07, 6.45) is 8.86. The van der Waals surface area contributed by atoms with Gasteiger partial charge in [0, 0.05) is 88.5 Å². The molecule has 0 aromatic carbocycles. The van der Waals surface area contributed by atoms with Crippen molar-refractivity contribution in [3.63, 3.8) is 0 Å². The van der Waals surface area contributed by atoms with Crippen molar-refractivity contribution in [2.75, 3.05) is 227 Å². The lowest BCUT2D eigenvalue weighted by molar-refractivity contribution is -0.150. The van der Waals surface area contributed by atoms with E-state index < -0.39 is 24.1 Å². The molecule has 0 heterocycles. The highest BCUT2D eigenvalue weighted by atomic mass is 32.1. The van der Waals surface area contributed by atoms with Crippen LogP contribution >= 0.6 is 40.5 Å². The van der Waals surface area contributed by atoms with Crippen molar-refractivity contribution < 1.29 is 95.7 Å². The van der Waals surface area contributed by atoms with Gasteiger partial charge in [0.15, 0.2) is 17.9 Å². The minimum absolute atomic E-state index is 0. The van der Waals surface area contributed by atoms with Crippen molar-refractivity contribution >= 4 is 82.6 Å². The van der Waals surface area contributed by atoms with Crippen LogP contribution in [0.5, 0.6) is 0 Å². The fourth-order valence-corrected chi connectivity index (χ4v) is 6.23. The van der Waals surface area contributed by atoms with Crippen LogP contribution in [0.1, 0.15) is 59.3 Å². The summed E-state index contributed by atoms with van der Waals surface area (Å²) in [5.74, 6) is 5.65. The van der Waals surface area contributed by atoms with E-state index >= 15 is 0 Å². The van der Waals surface area contributed by atoms with Crippen molar-refractivity contribution in [1.82, 2.24) is 9.80 Å². The smallest absolute Gasteiger partial charge is 0.323 e. The number of esters is 2. The van der Waals surface area contributed by atoms with Crippen molar-refractivity contribution in [3.05, 3.63) is 0 Å². The third-order valence-electron chi connectivity index (χ3n) is 10.4. The maximum absolute atomic E-state index is 12.5. The Labute approximate surface area is 569 Å². The van der Waals surface area contributed by atoms with Gasteiger partial charge >= 0.3 is 17.9 Å². The molecule has 0 fully saturated rings. The molecule has 3 atom stereocenters. The van der Waals surface area contributed by atoms with Gasteiger partial charge in [-0.15, -0.1) is 6.42 Å². The molecule has 548 valence electrons. The van der Waals surface area contributed by atoms with E-state index in [4.69, 9.17) is 109 Å². The number of aliphatic hydroxyl groups is 1. The van der Waals surface area contributed by atoms with Crippen molar-refractivity contribution in [3.8, 4) is 24.2 Å². The zero-order chi connectivity index (χ0) is 68.2. The number of carboxylic acid groups (broad SMARTS) is 1. The van der Waals surface area contributed by atoms with Gasteiger partial charge in [0.1, 0.15) is 31.0 Å². The Hall–Kier alpha value is -4.58. The molecule has 0 radical (unpaired) electrons. The predicted molar refractivity (Wildman–Crippen MR) is 372 cm³/mol. The summed E-state index contributed by atoms with van der Waals surface area (Å²) in [6, 6.07) is -1.64. The number of carbonyl (C=O) groups excluding carboxylic acids is 3. The fraction of sp³-hybridized carbons (Fsp3) is 0.807. The van der Waals surface area contributed by atoms with E-state index in [1.807, 2.05) is 9.80 Å². The average Bonchev–Trinajstić information content (AvgIpc) is 2.73. The maximum Gasteiger partial charge on any atom is 0.323 e. The summed E-state index contributed by atoms with van der Waals surface area (Å²) in [5.41, 5.74) is 37.1. The molecule has 0 unspecified atom stereocenters. The molecule has 92 heavy (non-hydrogen) atoms. The van der Waals surface area contributed by atoms with E-state index in [1.54, 1.807) is 63.4 Å². The van der Waals surface area contributed by atoms with E-state index in [-0.39, 0.29) is 83.5 Å². The van der Waals surface area contributed by atoms with Gasteiger partial charge in [-0.1, -0.05) is 5.92 Å². The molecule has 0 rings (SSSR count). The average molecular weight is 1390 g/mol. The number of terminal acetylenes is 1. The Bertz CT molecular complexity index is 1740. The quantitative estimate of drug-likeness (QED) is 0.00804. The van der Waals surface area contributed by atoms with Crippen LogP contribution in [0.15, 0.2) is 15.0 Å². The van der Waals surface area contributed by atoms with Crippen LogP contribution in [0.3, 0.4) is 0 Å². The number of rotatable bonds is 53. The third-order valence-corrected chi connectivity index (χ3v) is 10.4. The first kappa shape index (κ1) is 106. The van der Waals surface area contributed by atoms with Crippen LogP contribution < -0.4 is 40.1 Å². The Morgan fingerprint density at radius 2 is 0.815 bits per heavy atom. The number of carboxylic acids is 1. The molecule has 32 nitrogen and oxygen atoms in total.